The standard InChI is InChI=1S/C16H19ClN2O2/c17-14-3-1-11(2-4-14)15(20)12-5-7-19(8-6-12)16(21)13-9-18-10-13/h1-4,12-13,18H,5-10H2. The summed E-state index contributed by atoms with van der Waals surface area (Å²) in [5.74, 6) is 0.582. The molecule has 0 radical (unpaired) electrons. The van der Waals surface area contributed by atoms with Crippen LogP contribution in [0.2, 0.25) is 5.02 Å². The number of carbonyl (C=O) groups is 2. The van der Waals surface area contributed by atoms with E-state index in [0.29, 0.717) is 23.7 Å². The van der Waals surface area contributed by atoms with Crippen molar-refractivity contribution in [1.82, 2.24) is 10.2 Å². The fourth-order valence-corrected chi connectivity index (χ4v) is 3.06. The zero-order valence-electron chi connectivity index (χ0n) is 11.8. The van der Waals surface area contributed by atoms with Crippen LogP contribution >= 0.6 is 11.6 Å². The Bertz CT molecular complexity index is 532. The minimum Gasteiger partial charge on any atom is -0.342 e. The molecule has 21 heavy (non-hydrogen) atoms. The number of hydrogen-bond donors (Lipinski definition) is 1. The van der Waals surface area contributed by atoms with E-state index in [1.807, 2.05) is 4.90 Å². The summed E-state index contributed by atoms with van der Waals surface area (Å²) in [5.41, 5.74) is 0.715. The highest BCUT2D eigenvalue weighted by atomic mass is 35.5. The summed E-state index contributed by atoms with van der Waals surface area (Å²) in [6.07, 6.45) is 1.51. The molecule has 2 aliphatic rings. The molecule has 5 heteroatoms. The van der Waals surface area contributed by atoms with Gasteiger partial charge in [-0.2, -0.15) is 0 Å². The van der Waals surface area contributed by atoms with Crippen molar-refractivity contribution in [2.45, 2.75) is 12.8 Å². The van der Waals surface area contributed by atoms with Crippen LogP contribution in [0.15, 0.2) is 24.3 Å². The molecular weight excluding hydrogens is 288 g/mol. The molecule has 0 saturated carbocycles. The normalized spacial score (nSPS) is 20.1. The summed E-state index contributed by atoms with van der Waals surface area (Å²) < 4.78 is 0. The summed E-state index contributed by atoms with van der Waals surface area (Å²) in [7, 11) is 0. The van der Waals surface area contributed by atoms with Crippen LogP contribution in [0.5, 0.6) is 0 Å². The lowest BCUT2D eigenvalue weighted by Gasteiger charge is -2.36. The largest absolute Gasteiger partial charge is 0.342 e. The number of nitrogens with one attached hydrogen (secondary N) is 1. The van der Waals surface area contributed by atoms with Crippen molar-refractivity contribution >= 4 is 23.3 Å². The van der Waals surface area contributed by atoms with E-state index in [1.165, 1.54) is 0 Å². The first-order valence-corrected chi connectivity index (χ1v) is 7.82. The van der Waals surface area contributed by atoms with Crippen LogP contribution in [0.1, 0.15) is 23.2 Å². The summed E-state index contributed by atoms with van der Waals surface area (Å²) >= 11 is 5.84. The summed E-state index contributed by atoms with van der Waals surface area (Å²) in [4.78, 5) is 26.5. The summed E-state index contributed by atoms with van der Waals surface area (Å²) in [5, 5.41) is 3.76. The van der Waals surface area contributed by atoms with Crippen LogP contribution in [-0.2, 0) is 4.79 Å². The molecule has 0 aliphatic carbocycles. The lowest BCUT2D eigenvalue weighted by atomic mass is 9.88. The van der Waals surface area contributed by atoms with Gasteiger partial charge in [-0.1, -0.05) is 11.6 Å². The fourth-order valence-electron chi connectivity index (χ4n) is 2.93. The van der Waals surface area contributed by atoms with E-state index in [4.69, 9.17) is 11.6 Å². The number of amides is 1. The molecule has 0 bridgehead atoms. The Kier molecular flexibility index (Phi) is 4.27. The first kappa shape index (κ1) is 14.5. The molecule has 112 valence electrons. The third-order valence-electron chi connectivity index (χ3n) is 4.44. The zero-order valence-corrected chi connectivity index (χ0v) is 12.6. The Hall–Kier alpha value is -1.39. The third kappa shape index (κ3) is 3.11. The molecule has 2 aliphatic heterocycles. The van der Waals surface area contributed by atoms with Crippen LogP contribution < -0.4 is 5.32 Å². The van der Waals surface area contributed by atoms with E-state index in [9.17, 15) is 9.59 Å². The van der Waals surface area contributed by atoms with Gasteiger partial charge >= 0.3 is 0 Å². The van der Waals surface area contributed by atoms with E-state index >= 15 is 0 Å². The van der Waals surface area contributed by atoms with Crippen molar-refractivity contribution in [1.29, 1.82) is 0 Å². The average Bonchev–Trinajstić information content (AvgIpc) is 2.46. The minimum absolute atomic E-state index is 0.0229. The molecule has 1 aromatic rings. The van der Waals surface area contributed by atoms with Gasteiger partial charge in [0, 0.05) is 42.7 Å². The highest BCUT2D eigenvalue weighted by Crippen LogP contribution is 2.24. The van der Waals surface area contributed by atoms with Crippen molar-refractivity contribution in [3.8, 4) is 0 Å². The Morgan fingerprint density at radius 1 is 1.05 bits per heavy atom. The van der Waals surface area contributed by atoms with E-state index in [0.717, 1.165) is 25.9 Å². The predicted octanol–water partition coefficient (Wildman–Crippen LogP) is 1.98. The number of ketones is 1. The molecule has 0 aromatic heterocycles. The Labute approximate surface area is 129 Å². The van der Waals surface area contributed by atoms with Crippen LogP contribution in [0, 0.1) is 11.8 Å². The van der Waals surface area contributed by atoms with E-state index in [1.54, 1.807) is 24.3 Å². The number of rotatable bonds is 3. The summed E-state index contributed by atoms with van der Waals surface area (Å²) in [6.45, 7) is 2.98. The monoisotopic (exact) mass is 306 g/mol. The number of benzene rings is 1. The van der Waals surface area contributed by atoms with Crippen LogP contribution in [0.3, 0.4) is 0 Å². The van der Waals surface area contributed by atoms with Gasteiger partial charge in [0.15, 0.2) is 5.78 Å². The van der Waals surface area contributed by atoms with Gasteiger partial charge in [0.25, 0.3) is 0 Å². The molecule has 0 spiro atoms. The van der Waals surface area contributed by atoms with Crippen molar-refractivity contribution < 1.29 is 9.59 Å². The molecule has 2 fully saturated rings. The molecule has 2 saturated heterocycles. The van der Waals surface area contributed by atoms with Gasteiger partial charge in [-0.3, -0.25) is 9.59 Å². The summed E-state index contributed by atoms with van der Waals surface area (Å²) in [6, 6.07) is 7.05. The molecule has 1 amide bonds. The third-order valence-corrected chi connectivity index (χ3v) is 4.69. The van der Waals surface area contributed by atoms with Gasteiger partial charge < -0.3 is 10.2 Å². The van der Waals surface area contributed by atoms with Crippen molar-refractivity contribution in [2.24, 2.45) is 11.8 Å². The Morgan fingerprint density at radius 2 is 1.67 bits per heavy atom. The van der Waals surface area contributed by atoms with Crippen molar-refractivity contribution in [3.63, 3.8) is 0 Å². The molecule has 2 heterocycles. The van der Waals surface area contributed by atoms with Gasteiger partial charge in [0.2, 0.25) is 5.91 Å². The Morgan fingerprint density at radius 3 is 2.19 bits per heavy atom. The highest BCUT2D eigenvalue weighted by molar-refractivity contribution is 6.30. The van der Waals surface area contributed by atoms with Crippen molar-refractivity contribution in [2.75, 3.05) is 26.2 Å². The van der Waals surface area contributed by atoms with Crippen LogP contribution in [0.25, 0.3) is 0 Å². The maximum Gasteiger partial charge on any atom is 0.228 e. The smallest absolute Gasteiger partial charge is 0.228 e. The molecule has 0 unspecified atom stereocenters. The predicted molar refractivity (Wildman–Crippen MR) is 81.4 cm³/mol. The van der Waals surface area contributed by atoms with Gasteiger partial charge in [0.05, 0.1) is 5.92 Å². The molecular formula is C16H19ClN2O2. The van der Waals surface area contributed by atoms with Crippen LogP contribution in [-0.4, -0.2) is 42.8 Å². The molecule has 0 atom stereocenters. The first-order chi connectivity index (χ1) is 10.1. The first-order valence-electron chi connectivity index (χ1n) is 7.44. The van der Waals surface area contributed by atoms with E-state index < -0.39 is 0 Å². The van der Waals surface area contributed by atoms with Gasteiger partial charge in [-0.05, 0) is 37.1 Å². The number of nitrogens with zero attached hydrogens (tertiary/aromatic N) is 1. The lowest BCUT2D eigenvalue weighted by molar-refractivity contribution is -0.138. The maximum absolute atomic E-state index is 12.4. The quantitative estimate of drug-likeness (QED) is 0.869. The van der Waals surface area contributed by atoms with Gasteiger partial charge in [-0.25, -0.2) is 0 Å². The van der Waals surface area contributed by atoms with Crippen LogP contribution in [0.4, 0.5) is 0 Å². The second-order valence-corrected chi connectivity index (χ2v) is 6.26. The number of likely N-dealkylation sites (tertiary alicyclic amines) is 1. The molecule has 4 nitrogen and oxygen atoms in total. The van der Waals surface area contributed by atoms with Crippen molar-refractivity contribution in [3.05, 3.63) is 34.9 Å². The highest BCUT2D eigenvalue weighted by Gasteiger charge is 2.33. The number of Topliss-reactive ketones (excluding diaryl/α,β-unsaturated/α-hetero) is 1. The fraction of sp³-hybridized carbons (Fsp3) is 0.500. The maximum atomic E-state index is 12.4. The average molecular weight is 307 g/mol. The topological polar surface area (TPSA) is 49.4 Å². The molecule has 1 N–H and O–H groups in total. The number of halogens is 1. The van der Waals surface area contributed by atoms with Gasteiger partial charge in [0.1, 0.15) is 0 Å². The van der Waals surface area contributed by atoms with E-state index in [2.05, 4.69) is 5.32 Å². The zero-order chi connectivity index (χ0) is 14.8. The SMILES string of the molecule is O=C(c1ccc(Cl)cc1)C1CCN(C(=O)C2CNC2)CC1. The molecule has 1 aromatic carbocycles. The Balaban J connectivity index is 1.56. The number of piperidine rings is 1. The molecule has 3 rings (SSSR count). The second-order valence-electron chi connectivity index (χ2n) is 5.83. The number of carbonyl (C=O) groups excluding carboxylic acids is 2. The van der Waals surface area contributed by atoms with Gasteiger partial charge in [-0.15, -0.1) is 0 Å². The van der Waals surface area contributed by atoms with E-state index in [-0.39, 0.29) is 23.5 Å². The lowest BCUT2D eigenvalue weighted by Crippen LogP contribution is -2.53. The minimum atomic E-state index is 0.0229. The second kappa shape index (κ2) is 6.16. The number of hydrogen-bond acceptors (Lipinski definition) is 3.